The molecule has 1 aromatic carbocycles. The van der Waals surface area contributed by atoms with Crippen molar-refractivity contribution in [2.45, 2.75) is 116 Å². The summed E-state index contributed by atoms with van der Waals surface area (Å²) in [5.74, 6) is 2.42. The third-order valence-electron chi connectivity index (χ3n) is 11.4. The van der Waals surface area contributed by atoms with Crippen LogP contribution in [0.3, 0.4) is 0 Å². The first-order valence-electron chi connectivity index (χ1n) is 16.3. The average Bonchev–Trinajstić information content (AvgIpc) is 3.26. The highest BCUT2D eigenvalue weighted by Crippen LogP contribution is 2.61. The van der Waals surface area contributed by atoms with Crippen molar-refractivity contribution in [1.29, 1.82) is 0 Å². The van der Waals surface area contributed by atoms with Crippen molar-refractivity contribution in [3.8, 4) is 5.75 Å². The number of aliphatic hydroxyl groups is 1. The predicted molar refractivity (Wildman–Crippen MR) is 158 cm³/mol. The molecule has 2 saturated heterocycles. The highest BCUT2D eigenvalue weighted by Gasteiger charge is 2.54. The number of aryl methyl sites for hydroxylation is 1. The summed E-state index contributed by atoms with van der Waals surface area (Å²) in [4.78, 5) is 29.9. The minimum atomic E-state index is -0.467. The van der Waals surface area contributed by atoms with Gasteiger partial charge in [-0.25, -0.2) is 4.79 Å². The summed E-state index contributed by atoms with van der Waals surface area (Å²) in [6.07, 6.45) is 9.79. The molecule has 4 fully saturated rings. The van der Waals surface area contributed by atoms with Gasteiger partial charge < -0.3 is 24.4 Å². The highest BCUT2D eigenvalue weighted by molar-refractivity contribution is 5.75. The lowest BCUT2D eigenvalue weighted by atomic mass is 9.55. The number of hydrogen-bond acceptors (Lipinski definition) is 6. The topological polar surface area (TPSA) is 79.3 Å². The summed E-state index contributed by atoms with van der Waals surface area (Å²) in [5.41, 5.74) is 2.44. The predicted octanol–water partition coefficient (Wildman–Crippen LogP) is 5.92. The molecule has 0 radical (unpaired) electrons. The van der Waals surface area contributed by atoms with E-state index in [4.69, 9.17) is 9.47 Å². The Morgan fingerprint density at radius 1 is 0.951 bits per heavy atom. The van der Waals surface area contributed by atoms with Crippen LogP contribution in [0.4, 0.5) is 4.79 Å². The van der Waals surface area contributed by atoms with Gasteiger partial charge in [0.05, 0.1) is 12.0 Å². The van der Waals surface area contributed by atoms with Crippen LogP contribution in [-0.4, -0.2) is 70.9 Å². The Bertz CT molecular complexity index is 1130. The Kier molecular flexibility index (Phi) is 7.90. The van der Waals surface area contributed by atoms with Gasteiger partial charge in [0.25, 0.3) is 0 Å². The SMILES string of the molecule is CC(C)(C)OC(=O)N1CCC(N2CCC(C(=O)Oc3ccc4c(c3)CC[C@@H]3[C@@H]4CC[C@]4(C)[C@@H](O)CC[C@@H]34)CC2)CC1. The molecule has 5 atom stereocenters. The van der Waals surface area contributed by atoms with E-state index >= 15 is 0 Å². The van der Waals surface area contributed by atoms with E-state index in [1.54, 1.807) is 0 Å². The Morgan fingerprint density at radius 2 is 1.68 bits per heavy atom. The van der Waals surface area contributed by atoms with Crippen molar-refractivity contribution in [3.63, 3.8) is 0 Å². The second-order valence-electron chi connectivity index (χ2n) is 14.8. The maximum Gasteiger partial charge on any atom is 0.410 e. The van der Waals surface area contributed by atoms with Crippen LogP contribution in [0.25, 0.3) is 0 Å². The van der Waals surface area contributed by atoms with Crippen molar-refractivity contribution in [2.75, 3.05) is 26.2 Å². The zero-order valence-corrected chi connectivity index (χ0v) is 25.6. The van der Waals surface area contributed by atoms with Gasteiger partial charge in [-0.2, -0.15) is 0 Å². The van der Waals surface area contributed by atoms with E-state index in [0.29, 0.717) is 29.5 Å². The summed E-state index contributed by atoms with van der Waals surface area (Å²) in [6, 6.07) is 6.84. The molecule has 226 valence electrons. The quantitative estimate of drug-likeness (QED) is 0.361. The third-order valence-corrected chi connectivity index (χ3v) is 11.4. The van der Waals surface area contributed by atoms with Crippen LogP contribution in [0, 0.1) is 23.2 Å². The summed E-state index contributed by atoms with van der Waals surface area (Å²) in [6.45, 7) is 11.3. The van der Waals surface area contributed by atoms with Crippen LogP contribution in [0.15, 0.2) is 18.2 Å². The lowest BCUT2D eigenvalue weighted by molar-refractivity contribution is -0.140. The zero-order valence-electron chi connectivity index (χ0n) is 25.6. The van der Waals surface area contributed by atoms with Crippen molar-refractivity contribution >= 4 is 12.1 Å². The number of rotatable bonds is 3. The van der Waals surface area contributed by atoms with E-state index in [0.717, 1.165) is 84.0 Å². The van der Waals surface area contributed by atoms with Crippen LogP contribution in [0.5, 0.6) is 5.75 Å². The fourth-order valence-corrected chi connectivity index (χ4v) is 9.03. The standard InChI is InChI=1S/C34H50N2O5/c1-33(2,3)41-32(39)36-19-14-24(15-20-36)35-17-12-22(13-18-35)31(38)40-25-6-8-26-23(21-25)5-7-28-27(26)11-16-34(4)29(28)9-10-30(34)37/h6,8,21-22,24,27-30,37H,5,7,9-20H2,1-4H3/t27-,28-,29+,30+,34+/m1/s1. The Hall–Kier alpha value is -2.12. The molecule has 2 aliphatic heterocycles. The van der Waals surface area contributed by atoms with Crippen molar-refractivity contribution in [1.82, 2.24) is 9.80 Å². The summed E-state index contributed by atoms with van der Waals surface area (Å²) in [7, 11) is 0. The number of likely N-dealkylation sites (tertiary alicyclic amines) is 2. The smallest absolute Gasteiger partial charge is 0.410 e. The van der Waals surface area contributed by atoms with Crippen LogP contribution >= 0.6 is 0 Å². The zero-order chi connectivity index (χ0) is 28.9. The lowest BCUT2D eigenvalue weighted by Crippen LogP contribution is -2.50. The molecule has 1 aromatic rings. The molecular weight excluding hydrogens is 516 g/mol. The molecule has 7 nitrogen and oxygen atoms in total. The summed E-state index contributed by atoms with van der Waals surface area (Å²) in [5, 5.41) is 10.7. The number of carbonyl (C=O) groups is 2. The number of esters is 1. The van der Waals surface area contributed by atoms with Gasteiger partial charge in [-0.15, -0.1) is 0 Å². The van der Waals surface area contributed by atoms with Crippen molar-refractivity contribution < 1.29 is 24.2 Å². The number of benzene rings is 1. The molecule has 41 heavy (non-hydrogen) atoms. The Morgan fingerprint density at radius 3 is 2.39 bits per heavy atom. The van der Waals surface area contributed by atoms with E-state index in [9.17, 15) is 14.7 Å². The number of ether oxygens (including phenoxy) is 2. The molecule has 7 heteroatoms. The molecule has 1 N–H and O–H groups in total. The molecule has 1 amide bonds. The van der Waals surface area contributed by atoms with Crippen LogP contribution in [-0.2, 0) is 16.0 Å². The number of piperidine rings is 2. The van der Waals surface area contributed by atoms with Gasteiger partial charge in [-0.05, 0) is 144 Å². The first-order valence-corrected chi connectivity index (χ1v) is 16.3. The highest BCUT2D eigenvalue weighted by atomic mass is 16.6. The van der Waals surface area contributed by atoms with Gasteiger partial charge in [-0.3, -0.25) is 4.79 Å². The number of aliphatic hydroxyl groups excluding tert-OH is 1. The fourth-order valence-electron chi connectivity index (χ4n) is 9.03. The minimum absolute atomic E-state index is 0.0571. The maximum absolute atomic E-state index is 13.1. The van der Waals surface area contributed by atoms with Crippen LogP contribution in [0.2, 0.25) is 0 Å². The monoisotopic (exact) mass is 566 g/mol. The molecule has 0 bridgehead atoms. The summed E-state index contributed by atoms with van der Waals surface area (Å²) >= 11 is 0. The first kappa shape index (κ1) is 29.0. The largest absolute Gasteiger partial charge is 0.444 e. The van der Waals surface area contributed by atoms with Gasteiger partial charge in [0.2, 0.25) is 0 Å². The molecular formula is C34H50N2O5. The normalized spacial score (nSPS) is 33.0. The molecule has 2 heterocycles. The minimum Gasteiger partial charge on any atom is -0.444 e. The van der Waals surface area contributed by atoms with E-state index < -0.39 is 5.60 Å². The number of fused-ring (bicyclic) bond motifs is 5. The van der Waals surface area contributed by atoms with Gasteiger partial charge in [0.1, 0.15) is 11.4 Å². The van der Waals surface area contributed by atoms with E-state index in [1.165, 1.54) is 17.5 Å². The van der Waals surface area contributed by atoms with Gasteiger partial charge in [0, 0.05) is 19.1 Å². The van der Waals surface area contributed by atoms with E-state index in [-0.39, 0.29) is 29.5 Å². The number of amides is 1. The number of carbonyl (C=O) groups excluding carboxylic acids is 2. The fraction of sp³-hybridized carbons (Fsp3) is 0.765. The van der Waals surface area contributed by atoms with Crippen LogP contribution < -0.4 is 4.74 Å². The van der Waals surface area contributed by atoms with E-state index in [1.807, 2.05) is 31.7 Å². The lowest BCUT2D eigenvalue weighted by Gasteiger charge is -2.50. The summed E-state index contributed by atoms with van der Waals surface area (Å²) < 4.78 is 11.5. The molecule has 5 aliphatic rings. The van der Waals surface area contributed by atoms with Gasteiger partial charge in [0.15, 0.2) is 0 Å². The molecule has 0 aromatic heterocycles. The van der Waals surface area contributed by atoms with Crippen molar-refractivity contribution in [3.05, 3.63) is 29.3 Å². The Labute approximate surface area is 245 Å². The molecule has 2 saturated carbocycles. The van der Waals surface area contributed by atoms with Gasteiger partial charge in [-0.1, -0.05) is 13.0 Å². The van der Waals surface area contributed by atoms with E-state index in [2.05, 4.69) is 24.0 Å². The second kappa shape index (κ2) is 11.2. The van der Waals surface area contributed by atoms with Gasteiger partial charge >= 0.3 is 12.1 Å². The number of nitrogens with zero attached hydrogens (tertiary/aromatic N) is 2. The maximum atomic E-state index is 13.1. The molecule has 0 unspecified atom stereocenters. The molecule has 6 rings (SSSR count). The number of hydrogen-bond donors (Lipinski definition) is 1. The third kappa shape index (κ3) is 5.78. The second-order valence-corrected chi connectivity index (χ2v) is 14.8. The Balaban J connectivity index is 0.989. The molecule has 0 spiro atoms. The van der Waals surface area contributed by atoms with Crippen molar-refractivity contribution in [2.24, 2.45) is 23.2 Å². The molecule has 3 aliphatic carbocycles. The first-order chi connectivity index (χ1) is 19.5. The van der Waals surface area contributed by atoms with Crippen LogP contribution in [0.1, 0.15) is 103 Å². The average molecular weight is 567 g/mol.